The van der Waals surface area contributed by atoms with Gasteiger partial charge in [-0.15, -0.1) is 6.58 Å². The summed E-state index contributed by atoms with van der Waals surface area (Å²) in [4.78, 5) is 0. The lowest BCUT2D eigenvalue weighted by atomic mass is 10.0. The monoisotopic (exact) mass is 271 g/mol. The van der Waals surface area contributed by atoms with E-state index in [9.17, 15) is 0 Å². The summed E-state index contributed by atoms with van der Waals surface area (Å²) in [6.07, 6.45) is 1.96. The molecule has 1 N–H and O–H groups in total. The highest BCUT2D eigenvalue weighted by Gasteiger charge is 2.04. The van der Waals surface area contributed by atoms with Crippen LogP contribution in [0.5, 0.6) is 0 Å². The quantitative estimate of drug-likeness (QED) is 0.591. The molecule has 0 amide bonds. The lowest BCUT2D eigenvalue weighted by Gasteiger charge is -2.14. The Hall–Kier alpha value is -1.25. The zero-order valence-corrected chi connectivity index (χ0v) is 12.2. The second kappa shape index (κ2) is 7.37. The lowest BCUT2D eigenvalue weighted by Crippen LogP contribution is -2.21. The average molecular weight is 271 g/mol. The Morgan fingerprint density at radius 1 is 1.21 bits per heavy atom. The molecule has 0 radical (unpaired) electrons. The summed E-state index contributed by atoms with van der Waals surface area (Å²) in [6.45, 7) is 6.99. The maximum absolute atomic E-state index is 3.73. The van der Waals surface area contributed by atoms with Gasteiger partial charge in [0.05, 0.1) is 0 Å². The van der Waals surface area contributed by atoms with E-state index < -0.39 is 0 Å². The SMILES string of the molecule is C=CCSCCNC(C)c1ccc2ccccc2c1. The average Bonchev–Trinajstić information content (AvgIpc) is 2.46. The van der Waals surface area contributed by atoms with Crippen LogP contribution in [0, 0.1) is 0 Å². The molecule has 2 rings (SSSR count). The number of rotatable bonds is 7. The van der Waals surface area contributed by atoms with Crippen molar-refractivity contribution in [1.82, 2.24) is 5.32 Å². The third-order valence-electron chi connectivity index (χ3n) is 3.21. The minimum absolute atomic E-state index is 0.397. The van der Waals surface area contributed by atoms with E-state index in [1.54, 1.807) is 0 Å². The topological polar surface area (TPSA) is 12.0 Å². The Labute approximate surface area is 120 Å². The van der Waals surface area contributed by atoms with Crippen LogP contribution in [-0.2, 0) is 0 Å². The number of benzene rings is 2. The van der Waals surface area contributed by atoms with Crippen molar-refractivity contribution in [2.45, 2.75) is 13.0 Å². The number of thioether (sulfide) groups is 1. The van der Waals surface area contributed by atoms with Crippen molar-refractivity contribution in [2.24, 2.45) is 0 Å². The molecule has 1 nitrogen and oxygen atoms in total. The zero-order valence-electron chi connectivity index (χ0n) is 11.4. The van der Waals surface area contributed by atoms with Crippen molar-refractivity contribution >= 4 is 22.5 Å². The fourth-order valence-corrected chi connectivity index (χ4v) is 2.70. The maximum atomic E-state index is 3.73. The highest BCUT2D eigenvalue weighted by Crippen LogP contribution is 2.20. The van der Waals surface area contributed by atoms with Crippen LogP contribution < -0.4 is 5.32 Å². The van der Waals surface area contributed by atoms with Crippen LogP contribution in [0.1, 0.15) is 18.5 Å². The molecule has 0 aliphatic heterocycles. The molecule has 100 valence electrons. The molecule has 0 spiro atoms. The van der Waals surface area contributed by atoms with Gasteiger partial charge in [-0.1, -0.05) is 42.5 Å². The smallest absolute Gasteiger partial charge is 0.0292 e. The summed E-state index contributed by atoms with van der Waals surface area (Å²) in [7, 11) is 0. The zero-order chi connectivity index (χ0) is 13.5. The molecule has 0 aliphatic rings. The van der Waals surface area contributed by atoms with Gasteiger partial charge in [-0.2, -0.15) is 11.8 Å². The van der Waals surface area contributed by atoms with Gasteiger partial charge in [0.2, 0.25) is 0 Å². The molecule has 0 bridgehead atoms. The molecule has 1 unspecified atom stereocenters. The molecule has 0 saturated carbocycles. The molecule has 0 fully saturated rings. The van der Waals surface area contributed by atoms with Crippen LogP contribution >= 0.6 is 11.8 Å². The second-order valence-electron chi connectivity index (χ2n) is 4.65. The Kier molecular flexibility index (Phi) is 5.49. The largest absolute Gasteiger partial charge is 0.309 e. The third-order valence-corrected chi connectivity index (χ3v) is 4.17. The first-order chi connectivity index (χ1) is 9.31. The van der Waals surface area contributed by atoms with E-state index in [0.29, 0.717) is 6.04 Å². The van der Waals surface area contributed by atoms with Crippen molar-refractivity contribution in [1.29, 1.82) is 0 Å². The predicted octanol–water partition coefficient (Wildman–Crippen LogP) is 4.41. The summed E-state index contributed by atoms with van der Waals surface area (Å²) in [6, 6.07) is 15.6. The molecular formula is C17H21NS. The fourth-order valence-electron chi connectivity index (χ4n) is 2.11. The standard InChI is InChI=1S/C17H21NS/c1-3-11-19-12-10-18-14(2)16-9-8-15-6-4-5-7-17(15)13-16/h3-9,13-14,18H,1,10-12H2,2H3. The predicted molar refractivity (Wildman–Crippen MR) is 87.9 cm³/mol. The van der Waals surface area contributed by atoms with Crippen LogP contribution in [0.25, 0.3) is 10.8 Å². The minimum Gasteiger partial charge on any atom is -0.309 e. The normalized spacial score (nSPS) is 12.5. The molecule has 0 aliphatic carbocycles. The highest BCUT2D eigenvalue weighted by atomic mass is 32.2. The highest BCUT2D eigenvalue weighted by molar-refractivity contribution is 7.99. The summed E-state index contributed by atoms with van der Waals surface area (Å²) in [5.74, 6) is 2.16. The van der Waals surface area contributed by atoms with E-state index in [2.05, 4.69) is 61.3 Å². The number of hydrogen-bond acceptors (Lipinski definition) is 2. The van der Waals surface area contributed by atoms with Crippen molar-refractivity contribution < 1.29 is 0 Å². The van der Waals surface area contributed by atoms with Crippen molar-refractivity contribution in [3.8, 4) is 0 Å². The first-order valence-corrected chi connectivity index (χ1v) is 7.87. The molecular weight excluding hydrogens is 250 g/mol. The molecule has 1 atom stereocenters. The van der Waals surface area contributed by atoms with E-state index in [4.69, 9.17) is 0 Å². The third kappa shape index (κ3) is 4.12. The number of fused-ring (bicyclic) bond motifs is 1. The second-order valence-corrected chi connectivity index (χ2v) is 5.80. The number of nitrogens with one attached hydrogen (secondary N) is 1. The summed E-state index contributed by atoms with van der Waals surface area (Å²) >= 11 is 1.91. The molecule has 2 aromatic carbocycles. The van der Waals surface area contributed by atoms with E-state index in [1.807, 2.05) is 17.8 Å². The van der Waals surface area contributed by atoms with Crippen molar-refractivity contribution in [3.63, 3.8) is 0 Å². The van der Waals surface area contributed by atoms with E-state index in [1.165, 1.54) is 16.3 Å². The lowest BCUT2D eigenvalue weighted by molar-refractivity contribution is 0.602. The van der Waals surface area contributed by atoms with Gasteiger partial charge < -0.3 is 5.32 Å². The van der Waals surface area contributed by atoms with Crippen LogP contribution in [0.15, 0.2) is 55.1 Å². The van der Waals surface area contributed by atoms with Crippen molar-refractivity contribution in [2.75, 3.05) is 18.1 Å². The fraction of sp³-hybridized carbons (Fsp3) is 0.294. The molecule has 2 heteroatoms. The van der Waals surface area contributed by atoms with Gasteiger partial charge in [-0.25, -0.2) is 0 Å². The van der Waals surface area contributed by atoms with Crippen LogP contribution in [0.3, 0.4) is 0 Å². The van der Waals surface area contributed by atoms with Gasteiger partial charge in [0, 0.05) is 24.1 Å². The molecule has 0 saturated heterocycles. The Morgan fingerprint density at radius 3 is 2.79 bits per heavy atom. The molecule has 2 aromatic rings. The maximum Gasteiger partial charge on any atom is 0.0292 e. The number of hydrogen-bond donors (Lipinski definition) is 1. The van der Waals surface area contributed by atoms with Gasteiger partial charge in [0.15, 0.2) is 0 Å². The van der Waals surface area contributed by atoms with Gasteiger partial charge in [-0.05, 0) is 29.3 Å². The summed E-state index contributed by atoms with van der Waals surface area (Å²) < 4.78 is 0. The Balaban J connectivity index is 1.93. The molecule has 19 heavy (non-hydrogen) atoms. The molecule has 0 aromatic heterocycles. The van der Waals surface area contributed by atoms with Gasteiger partial charge >= 0.3 is 0 Å². The van der Waals surface area contributed by atoms with E-state index in [-0.39, 0.29) is 0 Å². The van der Waals surface area contributed by atoms with Gasteiger partial charge in [0.25, 0.3) is 0 Å². The minimum atomic E-state index is 0.397. The Morgan fingerprint density at radius 2 is 2.00 bits per heavy atom. The summed E-state index contributed by atoms with van der Waals surface area (Å²) in [5, 5.41) is 6.19. The van der Waals surface area contributed by atoms with E-state index >= 15 is 0 Å². The first kappa shape index (κ1) is 14.2. The van der Waals surface area contributed by atoms with Gasteiger partial charge in [-0.3, -0.25) is 0 Å². The van der Waals surface area contributed by atoms with Crippen molar-refractivity contribution in [3.05, 3.63) is 60.7 Å². The van der Waals surface area contributed by atoms with E-state index in [0.717, 1.165) is 18.1 Å². The molecule has 0 heterocycles. The summed E-state index contributed by atoms with van der Waals surface area (Å²) in [5.41, 5.74) is 1.35. The van der Waals surface area contributed by atoms with Crippen LogP contribution in [0.2, 0.25) is 0 Å². The van der Waals surface area contributed by atoms with Crippen LogP contribution in [0.4, 0.5) is 0 Å². The van der Waals surface area contributed by atoms with Gasteiger partial charge in [0.1, 0.15) is 0 Å². The first-order valence-electron chi connectivity index (χ1n) is 6.72. The van der Waals surface area contributed by atoms with Crippen LogP contribution in [-0.4, -0.2) is 18.1 Å². The Bertz CT molecular complexity index is 536.